The molecule has 0 radical (unpaired) electrons. The molecule has 1 N–H and O–H groups in total. The first-order valence-electron chi connectivity index (χ1n) is 9.22. The first-order chi connectivity index (χ1) is 12.8. The van der Waals surface area contributed by atoms with Crippen LogP contribution in [0.2, 0.25) is 0 Å². The molecule has 0 spiro atoms. The lowest BCUT2D eigenvalue weighted by Gasteiger charge is -2.37. The maximum absolute atomic E-state index is 13.2. The van der Waals surface area contributed by atoms with Gasteiger partial charge in [-0.3, -0.25) is 4.79 Å². The lowest BCUT2D eigenvalue weighted by Crippen LogP contribution is -2.45. The van der Waals surface area contributed by atoms with Gasteiger partial charge in [-0.25, -0.2) is 17.7 Å². The third-order valence-electron chi connectivity index (χ3n) is 5.69. The molecular weight excluding hydrogens is 437 g/mol. The van der Waals surface area contributed by atoms with Gasteiger partial charge in [0.05, 0.1) is 11.8 Å². The molecule has 4 rings (SSSR count). The van der Waals surface area contributed by atoms with Crippen molar-refractivity contribution in [3.63, 3.8) is 0 Å². The number of fused-ring (bicyclic) bond motifs is 4. The van der Waals surface area contributed by atoms with Crippen LogP contribution in [-0.4, -0.2) is 59.8 Å². The summed E-state index contributed by atoms with van der Waals surface area (Å²) in [6, 6.07) is 3.91. The van der Waals surface area contributed by atoms with Crippen LogP contribution in [0.15, 0.2) is 29.3 Å². The Labute approximate surface area is 183 Å². The van der Waals surface area contributed by atoms with Crippen LogP contribution in [0.25, 0.3) is 11.4 Å². The zero-order valence-electron chi connectivity index (χ0n) is 16.4. The Kier molecular flexibility index (Phi) is 7.56. The van der Waals surface area contributed by atoms with Crippen molar-refractivity contribution in [3.05, 3.63) is 40.6 Å². The zero-order valence-corrected chi connectivity index (χ0v) is 18.9. The average Bonchev–Trinajstić information content (AvgIpc) is 3.08. The van der Waals surface area contributed by atoms with Gasteiger partial charge in [-0.2, -0.15) is 0 Å². The van der Waals surface area contributed by atoms with Crippen LogP contribution in [0.4, 0.5) is 0 Å². The number of sulfonamides is 1. The number of hydrogen-bond acceptors (Lipinski definition) is 5. The van der Waals surface area contributed by atoms with Crippen molar-refractivity contribution in [2.24, 2.45) is 5.92 Å². The van der Waals surface area contributed by atoms with Crippen molar-refractivity contribution in [2.45, 2.75) is 25.4 Å². The highest BCUT2D eigenvalue weighted by Crippen LogP contribution is 2.32. The Morgan fingerprint density at radius 2 is 2.03 bits per heavy atom. The quantitative estimate of drug-likeness (QED) is 0.718. The first kappa shape index (κ1) is 23.9. The second-order valence-electron chi connectivity index (χ2n) is 7.57. The predicted octanol–water partition coefficient (Wildman–Crippen LogP) is 1.15. The molecule has 0 aliphatic carbocycles. The third-order valence-corrected chi connectivity index (χ3v) is 7.00. The zero-order chi connectivity index (χ0) is 19.2. The van der Waals surface area contributed by atoms with Gasteiger partial charge in [-0.15, -0.1) is 24.8 Å². The second-order valence-corrected chi connectivity index (χ2v) is 9.66. The summed E-state index contributed by atoms with van der Waals surface area (Å²) in [5, 5.41) is 3.45. The number of piperidine rings is 1. The molecule has 2 bridgehead atoms. The highest BCUT2D eigenvalue weighted by Gasteiger charge is 2.31. The average molecular weight is 464 g/mol. The Bertz CT molecular complexity index is 1020. The molecule has 4 heterocycles. The monoisotopic (exact) mass is 463 g/mol. The Morgan fingerprint density at radius 1 is 1.28 bits per heavy atom. The molecule has 0 saturated carbocycles. The molecular formula is C18H27Cl2N5O3S. The minimum absolute atomic E-state index is 0. The van der Waals surface area contributed by atoms with Crippen molar-refractivity contribution in [1.29, 1.82) is 0 Å². The minimum atomic E-state index is -3.23. The highest BCUT2D eigenvalue weighted by atomic mass is 35.5. The fraction of sp³-hybridized carbons (Fsp3) is 0.556. The largest absolute Gasteiger partial charge is 0.329 e. The van der Waals surface area contributed by atoms with Gasteiger partial charge in [0, 0.05) is 57.2 Å². The molecule has 8 nitrogen and oxygen atoms in total. The van der Waals surface area contributed by atoms with Crippen molar-refractivity contribution < 1.29 is 8.42 Å². The van der Waals surface area contributed by atoms with E-state index in [9.17, 15) is 13.2 Å². The lowest BCUT2D eigenvalue weighted by atomic mass is 9.84. The first-order valence-corrected chi connectivity index (χ1v) is 11.1. The van der Waals surface area contributed by atoms with Crippen LogP contribution in [0.5, 0.6) is 0 Å². The summed E-state index contributed by atoms with van der Waals surface area (Å²) >= 11 is 0. The normalized spacial score (nSPS) is 20.5. The van der Waals surface area contributed by atoms with Crippen molar-refractivity contribution >= 4 is 34.8 Å². The Morgan fingerprint density at radius 3 is 2.76 bits per heavy atom. The lowest BCUT2D eigenvalue weighted by molar-refractivity contribution is 0.257. The van der Waals surface area contributed by atoms with Crippen LogP contribution >= 0.6 is 24.8 Å². The van der Waals surface area contributed by atoms with E-state index in [1.807, 2.05) is 21.3 Å². The maximum Gasteiger partial charge on any atom is 0.261 e. The molecule has 1 fully saturated rings. The fourth-order valence-electron chi connectivity index (χ4n) is 4.11. The smallest absolute Gasteiger partial charge is 0.261 e. The molecule has 2 aromatic rings. The topological polar surface area (TPSA) is 89.2 Å². The second kappa shape index (κ2) is 9.18. The van der Waals surface area contributed by atoms with Gasteiger partial charge >= 0.3 is 0 Å². The predicted molar refractivity (Wildman–Crippen MR) is 118 cm³/mol. The molecule has 29 heavy (non-hydrogen) atoms. The van der Waals surface area contributed by atoms with E-state index in [1.165, 1.54) is 10.6 Å². The Balaban J connectivity index is 0.00000150. The molecule has 1 saturated heterocycles. The van der Waals surface area contributed by atoms with Crippen LogP contribution in [0.3, 0.4) is 0 Å². The third kappa shape index (κ3) is 4.69. The van der Waals surface area contributed by atoms with E-state index in [2.05, 4.69) is 10.3 Å². The molecule has 2 aliphatic rings. The van der Waals surface area contributed by atoms with Crippen molar-refractivity contribution in [1.82, 2.24) is 23.7 Å². The molecule has 162 valence electrons. The summed E-state index contributed by atoms with van der Waals surface area (Å²) < 4.78 is 28.3. The van der Waals surface area contributed by atoms with Crippen LogP contribution in [0, 0.1) is 5.92 Å². The van der Waals surface area contributed by atoms with Gasteiger partial charge < -0.3 is 14.5 Å². The summed E-state index contributed by atoms with van der Waals surface area (Å²) in [5.74, 6) is 1.47. The fourth-order valence-corrected chi connectivity index (χ4v) is 4.52. The number of halogens is 2. The van der Waals surface area contributed by atoms with Gasteiger partial charge in [-0.05, 0) is 31.0 Å². The standard InChI is InChI=1S/C18H25N5O3S.2ClH/c1-21(27(2,25)26)7-8-22-6-5-20-17(22)15-3-4-16-14-9-13(10-19-11-14)12-23(16)18(15)24;;/h3-6,13-14,19H,7-12H2,1-2H3;2*1H/t13-,14+;;/m0../s1. The minimum Gasteiger partial charge on any atom is -0.329 e. The van der Waals surface area contributed by atoms with Gasteiger partial charge in [0.2, 0.25) is 10.0 Å². The molecule has 0 amide bonds. The number of pyridine rings is 1. The molecule has 2 aliphatic heterocycles. The van der Waals surface area contributed by atoms with Crippen molar-refractivity contribution in [3.8, 4) is 11.4 Å². The summed E-state index contributed by atoms with van der Waals surface area (Å²) in [6.45, 7) is 3.38. The van der Waals surface area contributed by atoms with E-state index in [-0.39, 0.29) is 30.4 Å². The molecule has 0 unspecified atom stereocenters. The number of likely N-dealkylation sites (N-methyl/N-ethyl adjacent to an activating group) is 1. The van der Waals surface area contributed by atoms with Gasteiger partial charge in [0.25, 0.3) is 5.56 Å². The van der Waals surface area contributed by atoms with Gasteiger partial charge in [0.1, 0.15) is 5.82 Å². The Hall–Kier alpha value is -1.39. The maximum atomic E-state index is 13.2. The molecule has 11 heteroatoms. The molecule has 2 atom stereocenters. The van der Waals surface area contributed by atoms with E-state index in [4.69, 9.17) is 0 Å². The SMILES string of the molecule is CN(CCn1ccnc1-c1ccc2n(c1=O)C[C@@H]1CNC[C@H]2C1)S(C)(=O)=O.Cl.Cl. The van der Waals surface area contributed by atoms with E-state index in [0.29, 0.717) is 36.3 Å². The van der Waals surface area contributed by atoms with Crippen LogP contribution < -0.4 is 10.9 Å². The van der Waals surface area contributed by atoms with E-state index in [0.717, 1.165) is 31.7 Å². The molecule has 0 aromatic carbocycles. The van der Waals surface area contributed by atoms with E-state index >= 15 is 0 Å². The molecule has 2 aromatic heterocycles. The number of nitrogens with one attached hydrogen (secondary N) is 1. The van der Waals surface area contributed by atoms with Gasteiger partial charge in [0.15, 0.2) is 0 Å². The summed E-state index contributed by atoms with van der Waals surface area (Å²) in [6.07, 6.45) is 5.76. The van der Waals surface area contributed by atoms with Gasteiger partial charge in [-0.1, -0.05) is 0 Å². The van der Waals surface area contributed by atoms with Crippen LogP contribution in [-0.2, 0) is 23.1 Å². The number of rotatable bonds is 5. The summed E-state index contributed by atoms with van der Waals surface area (Å²) in [5.41, 5.74) is 1.66. The van der Waals surface area contributed by atoms with E-state index in [1.54, 1.807) is 19.4 Å². The number of hydrogen-bond donors (Lipinski definition) is 1. The number of aromatic nitrogens is 3. The van der Waals surface area contributed by atoms with Crippen molar-refractivity contribution in [2.75, 3.05) is 32.9 Å². The number of imidazole rings is 1. The summed E-state index contributed by atoms with van der Waals surface area (Å²) in [7, 11) is -1.69. The number of nitrogens with zero attached hydrogens (tertiary/aromatic N) is 4. The highest BCUT2D eigenvalue weighted by molar-refractivity contribution is 7.88. The van der Waals surface area contributed by atoms with E-state index < -0.39 is 10.0 Å². The van der Waals surface area contributed by atoms with Crippen LogP contribution in [0.1, 0.15) is 18.0 Å². The summed E-state index contributed by atoms with van der Waals surface area (Å²) in [4.78, 5) is 17.6.